The maximum atomic E-state index is 11.4. The summed E-state index contributed by atoms with van der Waals surface area (Å²) in [7, 11) is 0. The van der Waals surface area contributed by atoms with Gasteiger partial charge in [0, 0.05) is 4.91 Å². The number of alkyl carbamates (subject to hydrolysis) is 1. The molecule has 0 unspecified atom stereocenters. The molecule has 0 aromatic rings. The minimum Gasteiger partial charge on any atom is -0.464 e. The number of carbonyl (C=O) groups is 2. The van der Waals surface area contributed by atoms with Gasteiger partial charge >= 0.3 is 12.1 Å². The molecule has 0 saturated carbocycles. The predicted octanol–water partition coefficient (Wildman–Crippen LogP) is 1.12. The molecule has 0 aliphatic carbocycles. The highest BCUT2D eigenvalue weighted by atomic mass is 16.6. The molecular weight excluding hydrogens is 228 g/mol. The van der Waals surface area contributed by atoms with Crippen LogP contribution in [0.3, 0.4) is 0 Å². The van der Waals surface area contributed by atoms with Gasteiger partial charge in [-0.3, -0.25) is 0 Å². The molecule has 1 saturated heterocycles. The fourth-order valence-electron chi connectivity index (χ4n) is 1.27. The third-order valence-electron chi connectivity index (χ3n) is 1.91. The number of amides is 1. The standard InChI is InChI=1S/C9H14N4O4/c1-9(2,3)17-8(15)11-6-5(12-13-10)4-16-7(6)14/h5-6H,4H2,1-3H3,(H,11,15)/t5-,6-/m0/s1. The third kappa shape index (κ3) is 3.84. The van der Waals surface area contributed by atoms with Gasteiger partial charge in [0.2, 0.25) is 0 Å². The number of hydrogen-bond donors (Lipinski definition) is 1. The summed E-state index contributed by atoms with van der Waals surface area (Å²) in [5.74, 6) is -0.631. The van der Waals surface area contributed by atoms with Crippen molar-refractivity contribution in [1.82, 2.24) is 5.32 Å². The Kier molecular flexibility index (Phi) is 3.80. The zero-order chi connectivity index (χ0) is 13.1. The lowest BCUT2D eigenvalue weighted by Gasteiger charge is -2.21. The summed E-state index contributed by atoms with van der Waals surface area (Å²) in [5.41, 5.74) is 7.63. The Morgan fingerprint density at radius 1 is 1.65 bits per heavy atom. The summed E-state index contributed by atoms with van der Waals surface area (Å²) in [6.45, 7) is 5.06. The molecule has 8 heteroatoms. The van der Waals surface area contributed by atoms with E-state index >= 15 is 0 Å². The van der Waals surface area contributed by atoms with Crippen LogP contribution in [-0.2, 0) is 14.3 Å². The number of carbonyl (C=O) groups excluding carboxylic acids is 2. The minimum atomic E-state index is -0.985. The number of hydrogen-bond acceptors (Lipinski definition) is 5. The number of nitrogens with one attached hydrogen (secondary N) is 1. The topological polar surface area (TPSA) is 113 Å². The maximum absolute atomic E-state index is 11.4. The van der Waals surface area contributed by atoms with Crippen molar-refractivity contribution in [3.63, 3.8) is 0 Å². The van der Waals surface area contributed by atoms with Crippen LogP contribution < -0.4 is 5.32 Å². The highest BCUT2D eigenvalue weighted by molar-refractivity contribution is 5.83. The van der Waals surface area contributed by atoms with E-state index < -0.39 is 29.7 Å². The molecular formula is C9H14N4O4. The van der Waals surface area contributed by atoms with Crippen LogP contribution in [0.25, 0.3) is 10.4 Å². The third-order valence-corrected chi connectivity index (χ3v) is 1.91. The number of nitrogens with zero attached hydrogens (tertiary/aromatic N) is 3. The molecule has 2 atom stereocenters. The van der Waals surface area contributed by atoms with E-state index in [-0.39, 0.29) is 6.61 Å². The van der Waals surface area contributed by atoms with Crippen molar-refractivity contribution in [3.05, 3.63) is 10.4 Å². The molecule has 0 aromatic heterocycles. The average molecular weight is 242 g/mol. The zero-order valence-electron chi connectivity index (χ0n) is 9.84. The normalized spacial score (nSPS) is 23.6. The summed E-state index contributed by atoms with van der Waals surface area (Å²) < 4.78 is 9.67. The highest BCUT2D eigenvalue weighted by Gasteiger charge is 2.38. The molecule has 0 spiro atoms. The van der Waals surface area contributed by atoms with E-state index in [0.717, 1.165) is 0 Å². The summed E-state index contributed by atoms with van der Waals surface area (Å²) in [5, 5.41) is 5.69. The molecule has 1 heterocycles. The SMILES string of the molecule is CC(C)(C)OC(=O)N[C@@H]1C(=O)OC[C@@H]1N=[N+]=[N-]. The number of ether oxygens (including phenoxy) is 2. The van der Waals surface area contributed by atoms with Crippen molar-refractivity contribution in [2.45, 2.75) is 38.5 Å². The van der Waals surface area contributed by atoms with Gasteiger partial charge < -0.3 is 14.8 Å². The molecule has 1 rings (SSSR count). The number of azide groups is 1. The summed E-state index contributed by atoms with van der Waals surface area (Å²) in [6.07, 6.45) is -0.750. The van der Waals surface area contributed by atoms with Gasteiger partial charge in [0.25, 0.3) is 0 Å². The van der Waals surface area contributed by atoms with E-state index in [4.69, 9.17) is 10.3 Å². The van der Waals surface area contributed by atoms with Crippen LogP contribution in [0.1, 0.15) is 20.8 Å². The first-order chi connectivity index (χ1) is 7.83. The lowest BCUT2D eigenvalue weighted by atomic mass is 10.2. The van der Waals surface area contributed by atoms with Crippen LogP contribution in [0.15, 0.2) is 5.11 Å². The van der Waals surface area contributed by atoms with Gasteiger partial charge in [-0.1, -0.05) is 5.11 Å². The Morgan fingerprint density at radius 2 is 2.29 bits per heavy atom. The van der Waals surface area contributed by atoms with Crippen molar-refractivity contribution in [1.29, 1.82) is 0 Å². The molecule has 17 heavy (non-hydrogen) atoms. The average Bonchev–Trinajstić information content (AvgIpc) is 2.47. The van der Waals surface area contributed by atoms with E-state index in [0.29, 0.717) is 0 Å². The number of rotatable bonds is 2. The van der Waals surface area contributed by atoms with Crippen LogP contribution in [0.5, 0.6) is 0 Å². The lowest BCUT2D eigenvalue weighted by Crippen LogP contribution is -2.46. The summed E-state index contributed by atoms with van der Waals surface area (Å²) in [6, 6.07) is -1.72. The largest absolute Gasteiger partial charge is 0.464 e. The quantitative estimate of drug-likeness (QED) is 0.338. The van der Waals surface area contributed by atoms with Gasteiger partial charge in [-0.15, -0.1) is 0 Å². The van der Waals surface area contributed by atoms with Crippen molar-refractivity contribution < 1.29 is 19.1 Å². The summed E-state index contributed by atoms with van der Waals surface area (Å²) >= 11 is 0. The fraction of sp³-hybridized carbons (Fsp3) is 0.778. The van der Waals surface area contributed by atoms with Gasteiger partial charge in [0.05, 0.1) is 0 Å². The first-order valence-electron chi connectivity index (χ1n) is 5.04. The van der Waals surface area contributed by atoms with E-state index in [1.54, 1.807) is 20.8 Å². The van der Waals surface area contributed by atoms with Gasteiger partial charge in [0.15, 0.2) is 0 Å². The van der Waals surface area contributed by atoms with Gasteiger partial charge in [-0.05, 0) is 26.3 Å². The highest BCUT2D eigenvalue weighted by Crippen LogP contribution is 2.13. The van der Waals surface area contributed by atoms with Crippen molar-refractivity contribution in [2.75, 3.05) is 6.61 Å². The second-order valence-electron chi connectivity index (χ2n) is 4.53. The Bertz CT molecular complexity index is 370. The van der Waals surface area contributed by atoms with E-state index in [1.165, 1.54) is 0 Å². The molecule has 0 radical (unpaired) electrons. The molecule has 1 aliphatic rings. The van der Waals surface area contributed by atoms with Crippen molar-refractivity contribution in [2.24, 2.45) is 5.11 Å². The Morgan fingerprint density at radius 3 is 2.82 bits per heavy atom. The number of cyclic esters (lactones) is 1. The maximum Gasteiger partial charge on any atom is 0.408 e. The molecule has 1 fully saturated rings. The Balaban J connectivity index is 2.62. The monoisotopic (exact) mass is 242 g/mol. The molecule has 0 aromatic carbocycles. The van der Waals surface area contributed by atoms with Crippen LogP contribution in [0.4, 0.5) is 4.79 Å². The molecule has 94 valence electrons. The second-order valence-corrected chi connectivity index (χ2v) is 4.53. The van der Waals surface area contributed by atoms with Gasteiger partial charge in [-0.25, -0.2) is 9.59 Å². The Hall–Kier alpha value is -1.95. The first kappa shape index (κ1) is 13.1. The van der Waals surface area contributed by atoms with Gasteiger partial charge in [-0.2, -0.15) is 0 Å². The lowest BCUT2D eigenvalue weighted by molar-refractivity contribution is -0.139. The minimum absolute atomic E-state index is 0.0383. The fourth-order valence-corrected chi connectivity index (χ4v) is 1.27. The molecule has 8 nitrogen and oxygen atoms in total. The molecule has 0 bridgehead atoms. The van der Waals surface area contributed by atoms with Gasteiger partial charge in [0.1, 0.15) is 24.3 Å². The van der Waals surface area contributed by atoms with Crippen molar-refractivity contribution in [3.8, 4) is 0 Å². The molecule has 1 amide bonds. The van der Waals surface area contributed by atoms with Crippen LogP contribution in [0, 0.1) is 0 Å². The summed E-state index contributed by atoms with van der Waals surface area (Å²) in [4.78, 5) is 25.3. The van der Waals surface area contributed by atoms with E-state index in [9.17, 15) is 9.59 Å². The van der Waals surface area contributed by atoms with Crippen LogP contribution >= 0.6 is 0 Å². The van der Waals surface area contributed by atoms with Crippen LogP contribution in [0.2, 0.25) is 0 Å². The molecule has 1 N–H and O–H groups in total. The second kappa shape index (κ2) is 4.92. The first-order valence-corrected chi connectivity index (χ1v) is 5.04. The predicted molar refractivity (Wildman–Crippen MR) is 57.1 cm³/mol. The zero-order valence-corrected chi connectivity index (χ0v) is 9.84. The molecule has 1 aliphatic heterocycles. The van der Waals surface area contributed by atoms with Crippen LogP contribution in [-0.4, -0.2) is 36.4 Å². The smallest absolute Gasteiger partial charge is 0.408 e. The van der Waals surface area contributed by atoms with E-state index in [2.05, 4.69) is 20.1 Å². The number of esters is 1. The van der Waals surface area contributed by atoms with E-state index in [1.807, 2.05) is 0 Å². The Labute approximate surface area is 97.9 Å². The van der Waals surface area contributed by atoms with Crippen molar-refractivity contribution >= 4 is 12.1 Å².